The fourth-order valence-corrected chi connectivity index (χ4v) is 3.74. The third-order valence-electron chi connectivity index (χ3n) is 5.23. The first-order valence-electron chi connectivity index (χ1n) is 10.3. The van der Waals surface area contributed by atoms with Gasteiger partial charge in [-0.3, -0.25) is 15.4 Å². The molecule has 2 aromatic rings. The number of anilines is 1. The summed E-state index contributed by atoms with van der Waals surface area (Å²) in [5, 5.41) is 2.78. The molecule has 0 bridgehead atoms. The van der Waals surface area contributed by atoms with E-state index in [0.717, 1.165) is 22.4 Å². The number of nitrogens with two attached hydrogens (primary N) is 2. The minimum absolute atomic E-state index is 0.00463. The van der Waals surface area contributed by atoms with Gasteiger partial charge < -0.3 is 21.4 Å². The van der Waals surface area contributed by atoms with E-state index in [9.17, 15) is 9.59 Å². The van der Waals surface area contributed by atoms with Crippen LogP contribution >= 0.6 is 0 Å². The molecule has 0 atom stereocenters. The van der Waals surface area contributed by atoms with Crippen molar-refractivity contribution in [3.8, 4) is 0 Å². The maximum absolute atomic E-state index is 13.2. The summed E-state index contributed by atoms with van der Waals surface area (Å²) < 4.78 is 0. The molecule has 6 N–H and O–H groups in total. The van der Waals surface area contributed by atoms with E-state index in [1.165, 1.54) is 0 Å². The summed E-state index contributed by atoms with van der Waals surface area (Å²) >= 11 is 0. The monoisotopic (exact) mass is 407 g/mol. The van der Waals surface area contributed by atoms with Crippen LogP contribution in [0.3, 0.4) is 0 Å². The van der Waals surface area contributed by atoms with Gasteiger partial charge in [0.25, 0.3) is 0 Å². The molecule has 0 radical (unpaired) electrons. The zero-order chi connectivity index (χ0) is 21.5. The van der Waals surface area contributed by atoms with Crippen LogP contribution in [0.25, 0.3) is 11.4 Å². The number of rotatable bonds is 7. The van der Waals surface area contributed by atoms with Gasteiger partial charge in [-0.2, -0.15) is 0 Å². The number of carbonyl (C=O) groups is 2. The molecular weight excluding hydrogens is 378 g/mol. The highest BCUT2D eigenvalue weighted by molar-refractivity contribution is 6.01. The molecular formula is C23H29N5O2. The fourth-order valence-electron chi connectivity index (χ4n) is 3.74. The number of benzene rings is 2. The van der Waals surface area contributed by atoms with Crippen LogP contribution in [0.15, 0.2) is 48.5 Å². The van der Waals surface area contributed by atoms with Gasteiger partial charge in [-0.25, -0.2) is 0 Å². The van der Waals surface area contributed by atoms with Crippen LogP contribution in [0, 0.1) is 0 Å². The van der Waals surface area contributed by atoms with Crippen LogP contribution in [0.4, 0.5) is 5.69 Å². The molecule has 0 saturated heterocycles. The van der Waals surface area contributed by atoms with Crippen molar-refractivity contribution >= 4 is 28.9 Å². The van der Waals surface area contributed by atoms with E-state index < -0.39 is 0 Å². The number of hydrazine groups is 1. The molecule has 7 heteroatoms. The lowest BCUT2D eigenvalue weighted by molar-refractivity contribution is -0.122. The summed E-state index contributed by atoms with van der Waals surface area (Å²) in [6.45, 7) is 2.93. The van der Waals surface area contributed by atoms with Crippen molar-refractivity contribution in [1.29, 1.82) is 0 Å². The van der Waals surface area contributed by atoms with Crippen LogP contribution in [0.1, 0.15) is 49.3 Å². The molecule has 0 saturated carbocycles. The molecule has 0 spiro atoms. The first-order valence-corrected chi connectivity index (χ1v) is 10.3. The van der Waals surface area contributed by atoms with Crippen molar-refractivity contribution in [1.82, 2.24) is 10.7 Å². The Morgan fingerprint density at radius 3 is 2.40 bits per heavy atom. The number of hydrogen-bond acceptors (Lipinski definition) is 5. The van der Waals surface area contributed by atoms with Gasteiger partial charge in [0.05, 0.1) is 23.6 Å². The molecule has 3 rings (SSSR count). The van der Waals surface area contributed by atoms with E-state index in [2.05, 4.69) is 10.7 Å². The van der Waals surface area contributed by atoms with Gasteiger partial charge in [0, 0.05) is 30.5 Å². The molecule has 1 heterocycles. The number of fused-ring (bicyclic) bond motifs is 2. The van der Waals surface area contributed by atoms with Crippen LogP contribution in [-0.4, -0.2) is 18.4 Å². The van der Waals surface area contributed by atoms with Gasteiger partial charge in [0.2, 0.25) is 11.8 Å². The highest BCUT2D eigenvalue weighted by Gasteiger charge is 2.25. The summed E-state index contributed by atoms with van der Waals surface area (Å²) in [5.74, 6) is 5.86. The minimum Gasteiger partial charge on any atom is -0.396 e. The smallest absolute Gasteiger partial charge is 0.227 e. The Morgan fingerprint density at radius 1 is 1.00 bits per heavy atom. The zero-order valence-corrected chi connectivity index (χ0v) is 17.3. The van der Waals surface area contributed by atoms with E-state index in [1.54, 1.807) is 4.90 Å². The van der Waals surface area contributed by atoms with Crippen molar-refractivity contribution in [2.24, 2.45) is 11.6 Å². The Kier molecular flexibility index (Phi) is 7.08. The number of nitrogens with one attached hydrogen (secondary N) is 2. The summed E-state index contributed by atoms with van der Waals surface area (Å²) in [6, 6.07) is 15.4. The summed E-state index contributed by atoms with van der Waals surface area (Å²) in [4.78, 5) is 26.6. The van der Waals surface area contributed by atoms with Crippen molar-refractivity contribution in [3.05, 3.63) is 65.2 Å². The van der Waals surface area contributed by atoms with Crippen LogP contribution in [0.5, 0.6) is 0 Å². The molecule has 0 unspecified atom stereocenters. The van der Waals surface area contributed by atoms with Gasteiger partial charge in [0.1, 0.15) is 0 Å². The standard InChI is InChI=1S/C23H29N5O2/c1-2-26-20(29)13-7-8-14-21(30)28-15-16-9-3-4-10-17(16)22(24)23(27-25)18-11-5-6-12-19(18)28/h3-6,9-12,27H,2,7-8,13-15,24-25H2,1H3,(H,26,29)/b23-22-. The molecule has 158 valence electrons. The molecule has 0 fully saturated rings. The Hall–Kier alpha value is -3.32. The molecule has 7 nitrogen and oxygen atoms in total. The number of carbonyl (C=O) groups excluding carboxylic acids is 2. The average molecular weight is 408 g/mol. The molecule has 2 amide bonds. The van der Waals surface area contributed by atoms with Gasteiger partial charge in [-0.15, -0.1) is 0 Å². The van der Waals surface area contributed by atoms with E-state index in [1.807, 2.05) is 55.5 Å². The fraction of sp³-hybridized carbons (Fsp3) is 0.304. The third-order valence-corrected chi connectivity index (χ3v) is 5.23. The normalized spacial score (nSPS) is 15.5. The summed E-state index contributed by atoms with van der Waals surface area (Å²) in [6.07, 6.45) is 2.11. The number of nitrogens with zero attached hydrogens (tertiary/aromatic N) is 1. The first-order chi connectivity index (χ1) is 14.6. The van der Waals surface area contributed by atoms with Crippen molar-refractivity contribution in [2.75, 3.05) is 11.4 Å². The predicted octanol–water partition coefficient (Wildman–Crippen LogP) is 2.48. The van der Waals surface area contributed by atoms with Crippen molar-refractivity contribution in [3.63, 3.8) is 0 Å². The third kappa shape index (κ3) is 4.63. The Balaban J connectivity index is 1.89. The van der Waals surface area contributed by atoms with E-state index >= 15 is 0 Å². The van der Waals surface area contributed by atoms with E-state index in [-0.39, 0.29) is 11.8 Å². The number of hydrogen-bond donors (Lipinski definition) is 4. The second-order valence-electron chi connectivity index (χ2n) is 7.25. The predicted molar refractivity (Wildman–Crippen MR) is 120 cm³/mol. The van der Waals surface area contributed by atoms with Crippen molar-refractivity contribution < 1.29 is 9.59 Å². The number of amides is 2. The van der Waals surface area contributed by atoms with Crippen LogP contribution in [-0.2, 0) is 16.1 Å². The van der Waals surface area contributed by atoms with Crippen LogP contribution < -0.4 is 27.2 Å². The quantitative estimate of drug-likeness (QED) is 0.320. The molecule has 0 aromatic heterocycles. The summed E-state index contributed by atoms with van der Waals surface area (Å²) in [5.41, 5.74) is 13.7. The molecule has 0 aliphatic carbocycles. The lowest BCUT2D eigenvalue weighted by Crippen LogP contribution is -2.34. The maximum Gasteiger partial charge on any atom is 0.227 e. The van der Waals surface area contributed by atoms with E-state index in [4.69, 9.17) is 11.6 Å². The Morgan fingerprint density at radius 2 is 1.67 bits per heavy atom. The highest BCUT2D eigenvalue weighted by atomic mass is 16.2. The molecule has 1 aliphatic rings. The number of unbranched alkanes of at least 4 members (excludes halogenated alkanes) is 1. The SMILES string of the molecule is CCNC(=O)CCCCC(=O)N1Cc2ccccc2/C(N)=C(/NN)c2ccccc21. The van der Waals surface area contributed by atoms with Crippen LogP contribution in [0.2, 0.25) is 0 Å². The van der Waals surface area contributed by atoms with Gasteiger partial charge in [-0.1, -0.05) is 42.5 Å². The van der Waals surface area contributed by atoms with Gasteiger partial charge in [0.15, 0.2) is 0 Å². The second kappa shape index (κ2) is 9.93. The second-order valence-corrected chi connectivity index (χ2v) is 7.25. The largest absolute Gasteiger partial charge is 0.396 e. The average Bonchev–Trinajstić information content (AvgIpc) is 2.75. The topological polar surface area (TPSA) is 113 Å². The molecule has 1 aliphatic heterocycles. The highest BCUT2D eigenvalue weighted by Crippen LogP contribution is 2.34. The Labute approximate surface area is 177 Å². The first kappa shape index (κ1) is 21.4. The summed E-state index contributed by atoms with van der Waals surface area (Å²) in [7, 11) is 0. The van der Waals surface area contributed by atoms with Gasteiger partial charge >= 0.3 is 0 Å². The molecule has 2 aromatic carbocycles. The maximum atomic E-state index is 13.2. The van der Waals surface area contributed by atoms with E-state index in [0.29, 0.717) is 50.2 Å². The van der Waals surface area contributed by atoms with Crippen molar-refractivity contribution in [2.45, 2.75) is 39.2 Å². The number of para-hydroxylation sites is 1. The zero-order valence-electron chi connectivity index (χ0n) is 17.3. The minimum atomic E-state index is 0.00463. The molecule has 30 heavy (non-hydrogen) atoms. The lowest BCUT2D eigenvalue weighted by atomic mass is 9.96. The van der Waals surface area contributed by atoms with Gasteiger partial charge in [-0.05, 0) is 31.4 Å². The Bertz CT molecular complexity index is 954. The lowest BCUT2D eigenvalue weighted by Gasteiger charge is -2.30.